The smallest absolute Gasteiger partial charge is 0.343 e. The highest BCUT2D eigenvalue weighted by Gasteiger charge is 2.25. The lowest BCUT2D eigenvalue weighted by Crippen LogP contribution is -2.36. The molecule has 0 aliphatic heterocycles. The molecule has 0 heterocycles. The minimum atomic E-state index is -0.894. The highest BCUT2D eigenvalue weighted by atomic mass is 16.6. The van der Waals surface area contributed by atoms with E-state index in [0.717, 1.165) is 23.3 Å². The van der Waals surface area contributed by atoms with Crippen molar-refractivity contribution >= 4 is 17.9 Å². The summed E-state index contributed by atoms with van der Waals surface area (Å²) in [6, 6.07) is 21.4. The number of esters is 3. The van der Waals surface area contributed by atoms with E-state index in [-0.39, 0.29) is 17.7 Å². The van der Waals surface area contributed by atoms with E-state index >= 15 is 0 Å². The number of aryl methyl sites for hydroxylation is 2. The van der Waals surface area contributed by atoms with Gasteiger partial charge < -0.3 is 18.9 Å². The zero-order valence-corrected chi connectivity index (χ0v) is 21.4. The van der Waals surface area contributed by atoms with Gasteiger partial charge in [-0.15, -0.1) is 0 Å². The van der Waals surface area contributed by atoms with Gasteiger partial charge in [-0.3, -0.25) is 14.5 Å². The molecule has 0 aliphatic rings. The molecule has 1 atom stereocenters. The van der Waals surface area contributed by atoms with Crippen LogP contribution in [-0.2, 0) is 27.2 Å². The molecule has 1 unspecified atom stereocenters. The number of carbonyl (C=O) groups is 3. The Morgan fingerprint density at radius 3 is 2.24 bits per heavy atom. The highest BCUT2D eigenvalue weighted by Crippen LogP contribution is 2.24. The van der Waals surface area contributed by atoms with Crippen LogP contribution in [0.3, 0.4) is 0 Å². The highest BCUT2D eigenvalue weighted by molar-refractivity contribution is 5.93. The molecule has 0 saturated heterocycles. The van der Waals surface area contributed by atoms with Crippen LogP contribution in [0.1, 0.15) is 34.8 Å². The van der Waals surface area contributed by atoms with Gasteiger partial charge in [0.25, 0.3) is 0 Å². The Kier molecular flexibility index (Phi) is 9.80. The Balaban J connectivity index is 1.65. The number of nitrogens with zero attached hydrogens (tertiary/aromatic N) is 1. The van der Waals surface area contributed by atoms with Crippen molar-refractivity contribution in [1.82, 2.24) is 4.90 Å². The third-order valence-electron chi connectivity index (χ3n) is 5.53. The van der Waals surface area contributed by atoms with Crippen molar-refractivity contribution in [2.45, 2.75) is 32.4 Å². The SMILES string of the molecule is COc1cccc(CCc2ccccc2OC(=O)CC(OC(=O)c2ccccc2OC(C)=O)N(C)C)c1. The van der Waals surface area contributed by atoms with Crippen molar-refractivity contribution in [3.8, 4) is 17.2 Å². The molecule has 0 aromatic heterocycles. The zero-order chi connectivity index (χ0) is 26.8. The number of rotatable bonds is 11. The van der Waals surface area contributed by atoms with E-state index in [0.29, 0.717) is 12.2 Å². The standard InChI is InChI=1S/C29H31NO7/c1-20(31)35-26-15-8-6-13-24(26)29(33)37-27(30(2)3)19-28(32)36-25-14-7-5-11-22(25)17-16-21-10-9-12-23(18-21)34-4/h5-15,18,27H,16-17,19H2,1-4H3. The number of para-hydroxylation sites is 2. The average molecular weight is 506 g/mol. The van der Waals surface area contributed by atoms with Gasteiger partial charge in [0.15, 0.2) is 6.23 Å². The third kappa shape index (κ3) is 8.18. The lowest BCUT2D eigenvalue weighted by Gasteiger charge is -2.24. The molecule has 3 aromatic rings. The van der Waals surface area contributed by atoms with Crippen molar-refractivity contribution < 1.29 is 33.3 Å². The molecule has 0 N–H and O–H groups in total. The summed E-state index contributed by atoms with van der Waals surface area (Å²) in [5.74, 6) is -0.491. The molecule has 0 aliphatic carbocycles. The first-order valence-corrected chi connectivity index (χ1v) is 11.8. The summed E-state index contributed by atoms with van der Waals surface area (Å²) in [5.41, 5.74) is 2.07. The molecule has 3 aromatic carbocycles. The second kappa shape index (κ2) is 13.2. The summed E-state index contributed by atoms with van der Waals surface area (Å²) in [6.45, 7) is 1.25. The van der Waals surface area contributed by atoms with Gasteiger partial charge in [0.1, 0.15) is 22.8 Å². The maximum Gasteiger partial charge on any atom is 0.343 e. The normalized spacial score (nSPS) is 11.5. The summed E-state index contributed by atoms with van der Waals surface area (Å²) in [4.78, 5) is 38.6. The Bertz CT molecular complexity index is 1240. The molecule has 3 rings (SSSR count). The monoisotopic (exact) mass is 505 g/mol. The van der Waals surface area contributed by atoms with Gasteiger partial charge >= 0.3 is 17.9 Å². The number of methoxy groups -OCH3 is 1. The van der Waals surface area contributed by atoms with Crippen LogP contribution >= 0.6 is 0 Å². The molecule has 194 valence electrons. The predicted octanol–water partition coefficient (Wildman–Crippen LogP) is 4.45. The fraction of sp³-hybridized carbons (Fsp3) is 0.276. The second-order valence-electron chi connectivity index (χ2n) is 8.55. The van der Waals surface area contributed by atoms with Crippen LogP contribution in [-0.4, -0.2) is 50.2 Å². The third-order valence-corrected chi connectivity index (χ3v) is 5.53. The Morgan fingerprint density at radius 1 is 0.838 bits per heavy atom. The quantitative estimate of drug-likeness (QED) is 0.215. The van der Waals surface area contributed by atoms with Crippen LogP contribution in [0.15, 0.2) is 72.8 Å². The number of ether oxygens (including phenoxy) is 4. The molecule has 0 spiro atoms. The van der Waals surface area contributed by atoms with E-state index in [9.17, 15) is 14.4 Å². The average Bonchev–Trinajstić information content (AvgIpc) is 2.87. The van der Waals surface area contributed by atoms with Crippen molar-refractivity contribution in [1.29, 1.82) is 0 Å². The van der Waals surface area contributed by atoms with Gasteiger partial charge in [-0.1, -0.05) is 42.5 Å². The fourth-order valence-corrected chi connectivity index (χ4v) is 3.62. The van der Waals surface area contributed by atoms with Gasteiger partial charge in [-0.2, -0.15) is 0 Å². The zero-order valence-electron chi connectivity index (χ0n) is 21.4. The summed E-state index contributed by atoms with van der Waals surface area (Å²) in [5, 5.41) is 0. The van der Waals surface area contributed by atoms with Crippen LogP contribution in [0.4, 0.5) is 0 Å². The topological polar surface area (TPSA) is 91.4 Å². The molecular formula is C29H31NO7. The van der Waals surface area contributed by atoms with Gasteiger partial charge in [0.2, 0.25) is 0 Å². The van der Waals surface area contributed by atoms with Gasteiger partial charge in [-0.05, 0) is 68.4 Å². The molecule has 0 amide bonds. The van der Waals surface area contributed by atoms with Gasteiger partial charge in [0, 0.05) is 6.92 Å². The molecule has 37 heavy (non-hydrogen) atoms. The van der Waals surface area contributed by atoms with Crippen molar-refractivity contribution in [3.63, 3.8) is 0 Å². The fourth-order valence-electron chi connectivity index (χ4n) is 3.62. The first-order chi connectivity index (χ1) is 17.8. The van der Waals surface area contributed by atoms with Crippen LogP contribution in [0.25, 0.3) is 0 Å². The first kappa shape index (κ1) is 27.4. The number of carbonyl (C=O) groups excluding carboxylic acids is 3. The Hall–Kier alpha value is -4.17. The summed E-state index contributed by atoms with van der Waals surface area (Å²) in [6.07, 6.45) is 0.314. The van der Waals surface area contributed by atoms with Crippen LogP contribution < -0.4 is 14.2 Å². The number of hydrogen-bond donors (Lipinski definition) is 0. The van der Waals surface area contributed by atoms with E-state index in [1.807, 2.05) is 36.4 Å². The van der Waals surface area contributed by atoms with Crippen molar-refractivity contribution in [2.24, 2.45) is 0 Å². The van der Waals surface area contributed by atoms with E-state index in [1.54, 1.807) is 50.4 Å². The van der Waals surface area contributed by atoms with Crippen LogP contribution in [0, 0.1) is 0 Å². The number of hydrogen-bond acceptors (Lipinski definition) is 8. The summed E-state index contributed by atoms with van der Waals surface area (Å²) in [7, 11) is 5.00. The molecule has 0 radical (unpaired) electrons. The lowest BCUT2D eigenvalue weighted by molar-refractivity contribution is -0.139. The van der Waals surface area contributed by atoms with Crippen LogP contribution in [0.5, 0.6) is 17.2 Å². The Labute approximate surface area is 216 Å². The minimum absolute atomic E-state index is 0.0841. The predicted molar refractivity (Wildman–Crippen MR) is 138 cm³/mol. The molecule has 0 bridgehead atoms. The molecule has 0 fully saturated rings. The van der Waals surface area contributed by atoms with Gasteiger partial charge in [-0.25, -0.2) is 4.79 Å². The molecular weight excluding hydrogens is 474 g/mol. The van der Waals surface area contributed by atoms with Gasteiger partial charge in [0.05, 0.1) is 13.5 Å². The van der Waals surface area contributed by atoms with Crippen molar-refractivity contribution in [3.05, 3.63) is 89.5 Å². The maximum atomic E-state index is 12.8. The molecule has 8 heteroatoms. The first-order valence-electron chi connectivity index (χ1n) is 11.8. The lowest BCUT2D eigenvalue weighted by atomic mass is 10.0. The largest absolute Gasteiger partial charge is 0.497 e. The van der Waals surface area contributed by atoms with E-state index in [2.05, 4.69) is 0 Å². The maximum absolute atomic E-state index is 12.8. The van der Waals surface area contributed by atoms with E-state index < -0.39 is 24.1 Å². The molecule has 8 nitrogen and oxygen atoms in total. The van der Waals surface area contributed by atoms with Crippen molar-refractivity contribution in [2.75, 3.05) is 21.2 Å². The Morgan fingerprint density at radius 2 is 1.54 bits per heavy atom. The van der Waals surface area contributed by atoms with E-state index in [1.165, 1.54) is 19.1 Å². The number of benzene rings is 3. The molecule has 0 saturated carbocycles. The summed E-state index contributed by atoms with van der Waals surface area (Å²) >= 11 is 0. The minimum Gasteiger partial charge on any atom is -0.497 e. The summed E-state index contributed by atoms with van der Waals surface area (Å²) < 4.78 is 21.6. The van der Waals surface area contributed by atoms with E-state index in [4.69, 9.17) is 18.9 Å². The van der Waals surface area contributed by atoms with Crippen LogP contribution in [0.2, 0.25) is 0 Å². The second-order valence-corrected chi connectivity index (χ2v) is 8.55.